The number of unbranched alkanes of at least 4 members (excludes halogenated alkanes) is 1. The van der Waals surface area contributed by atoms with Crippen LogP contribution in [-0.2, 0) is 16.1 Å². The van der Waals surface area contributed by atoms with E-state index >= 15 is 0 Å². The predicted octanol–water partition coefficient (Wildman–Crippen LogP) is 7.67. The highest BCUT2D eigenvalue weighted by molar-refractivity contribution is 7.15. The summed E-state index contributed by atoms with van der Waals surface area (Å²) in [6.45, 7) is 7.44. The number of aliphatic imine (C=N–C) groups is 1. The number of para-hydroxylation sites is 1. The molecule has 2 amide bonds. The minimum Gasteiger partial charge on any atom is -0.493 e. The fourth-order valence-corrected chi connectivity index (χ4v) is 7.90. The smallest absolute Gasteiger partial charge is 0.242 e. The monoisotopic (exact) mass is 772 g/mol. The number of thiophene rings is 1. The standard InChI is InChI=1S/C39H38Cl2N6O5S/c1-23-24(2)53-39-36(23)37(26-10-12-28(41)13-11-26)43-30(38-45-44-25(3)47(38)39)19-34(48)42-16-6-7-17-50-31-9-5-4-8-27(31)21-46(35(49)20-40)29-14-15-32-33(18-29)52-22-51-32/h4-5,8-15,18,30H,6-7,16-17,19-22H2,1-3H3,(H,42,48). The molecule has 5 aromatic rings. The van der Waals surface area contributed by atoms with E-state index in [0.717, 1.165) is 38.8 Å². The zero-order valence-corrected chi connectivity index (χ0v) is 31.9. The molecule has 2 aliphatic rings. The molecule has 1 unspecified atom stereocenters. The fourth-order valence-electron chi connectivity index (χ4n) is 6.41. The molecular formula is C39H38Cl2N6O5S. The van der Waals surface area contributed by atoms with Crippen molar-refractivity contribution in [1.29, 1.82) is 0 Å². The number of ether oxygens (including phenoxy) is 3. The molecule has 2 aromatic heterocycles. The summed E-state index contributed by atoms with van der Waals surface area (Å²) in [6.07, 6.45) is 1.53. The van der Waals surface area contributed by atoms with Gasteiger partial charge in [-0.15, -0.1) is 33.1 Å². The first-order chi connectivity index (χ1) is 25.7. The van der Waals surface area contributed by atoms with Crippen molar-refractivity contribution in [2.45, 2.75) is 52.6 Å². The number of benzene rings is 3. The highest BCUT2D eigenvalue weighted by Gasteiger charge is 2.32. The van der Waals surface area contributed by atoms with Crippen molar-refractivity contribution in [3.8, 4) is 22.2 Å². The summed E-state index contributed by atoms with van der Waals surface area (Å²) >= 11 is 13.9. The van der Waals surface area contributed by atoms with Crippen LogP contribution in [0.3, 0.4) is 0 Å². The number of aryl methyl sites for hydroxylation is 2. The molecule has 3 aromatic carbocycles. The fraction of sp³-hybridized carbons (Fsp3) is 0.308. The number of fused-ring (bicyclic) bond motifs is 4. The lowest BCUT2D eigenvalue weighted by Crippen LogP contribution is -2.31. The van der Waals surface area contributed by atoms with Crippen molar-refractivity contribution in [2.24, 2.45) is 4.99 Å². The van der Waals surface area contributed by atoms with Crippen molar-refractivity contribution < 1.29 is 23.8 Å². The number of nitrogens with zero attached hydrogens (tertiary/aromatic N) is 5. The maximum Gasteiger partial charge on any atom is 0.242 e. The second-order valence-corrected chi connectivity index (χ2v) is 14.7. The summed E-state index contributed by atoms with van der Waals surface area (Å²) in [5, 5.41) is 13.6. The second kappa shape index (κ2) is 16.0. The van der Waals surface area contributed by atoms with E-state index in [2.05, 4.69) is 29.4 Å². The summed E-state index contributed by atoms with van der Waals surface area (Å²) < 4.78 is 19.2. The Kier molecular flexibility index (Phi) is 11.0. The molecule has 4 heterocycles. The molecule has 0 saturated heterocycles. The number of halogens is 2. The molecule has 274 valence electrons. The first-order valence-corrected chi connectivity index (χ1v) is 19.0. The average molecular weight is 774 g/mol. The quantitative estimate of drug-likeness (QED) is 0.0964. The number of amides is 2. The highest BCUT2D eigenvalue weighted by atomic mass is 35.5. The van der Waals surface area contributed by atoms with Gasteiger partial charge in [0, 0.05) is 44.9 Å². The number of rotatable bonds is 13. The summed E-state index contributed by atoms with van der Waals surface area (Å²) in [6, 6.07) is 20.1. The molecule has 1 atom stereocenters. The van der Waals surface area contributed by atoms with E-state index in [0.29, 0.717) is 59.8 Å². The van der Waals surface area contributed by atoms with Gasteiger partial charge in [-0.05, 0) is 69.5 Å². The number of carbonyl (C=O) groups is 2. The molecule has 14 heteroatoms. The average Bonchev–Trinajstić information content (AvgIpc) is 3.85. The lowest BCUT2D eigenvalue weighted by molar-refractivity contribution is -0.121. The molecule has 0 fully saturated rings. The molecule has 0 aliphatic carbocycles. The third kappa shape index (κ3) is 7.76. The van der Waals surface area contributed by atoms with Crippen LogP contribution in [0.1, 0.15) is 64.1 Å². The van der Waals surface area contributed by atoms with Crippen LogP contribution in [0.5, 0.6) is 17.2 Å². The van der Waals surface area contributed by atoms with Crippen LogP contribution < -0.4 is 24.4 Å². The van der Waals surface area contributed by atoms with E-state index in [1.54, 1.807) is 28.4 Å². The van der Waals surface area contributed by atoms with Crippen LogP contribution >= 0.6 is 34.5 Å². The first-order valence-electron chi connectivity index (χ1n) is 17.3. The van der Waals surface area contributed by atoms with Crippen molar-refractivity contribution in [3.05, 3.63) is 111 Å². The van der Waals surface area contributed by atoms with Crippen LogP contribution in [-0.4, -0.2) is 58.1 Å². The number of alkyl halides is 1. The molecule has 0 spiro atoms. The van der Waals surface area contributed by atoms with Crippen LogP contribution in [0.2, 0.25) is 5.02 Å². The number of hydrogen-bond donors (Lipinski definition) is 1. The van der Waals surface area contributed by atoms with Gasteiger partial charge in [0.2, 0.25) is 18.6 Å². The van der Waals surface area contributed by atoms with E-state index < -0.39 is 6.04 Å². The van der Waals surface area contributed by atoms with Gasteiger partial charge in [-0.1, -0.05) is 41.9 Å². The maximum absolute atomic E-state index is 13.4. The number of carbonyl (C=O) groups excluding carboxylic acids is 2. The third-order valence-corrected chi connectivity index (χ3v) is 10.9. The van der Waals surface area contributed by atoms with E-state index in [-0.39, 0.29) is 37.5 Å². The van der Waals surface area contributed by atoms with E-state index in [1.165, 1.54) is 4.88 Å². The molecule has 7 rings (SSSR count). The molecule has 1 N–H and O–H groups in total. The molecule has 2 aliphatic heterocycles. The molecule has 0 bridgehead atoms. The van der Waals surface area contributed by atoms with E-state index in [1.807, 2.05) is 66.1 Å². The molecular weight excluding hydrogens is 735 g/mol. The predicted molar refractivity (Wildman–Crippen MR) is 207 cm³/mol. The second-order valence-electron chi connectivity index (χ2n) is 12.8. The van der Waals surface area contributed by atoms with Crippen LogP contribution in [0.15, 0.2) is 71.7 Å². The number of anilines is 1. The summed E-state index contributed by atoms with van der Waals surface area (Å²) in [5.41, 5.74) is 5.38. The Hall–Kier alpha value is -4.91. The zero-order valence-electron chi connectivity index (χ0n) is 29.5. The topological polar surface area (TPSA) is 120 Å². The lowest BCUT2D eigenvalue weighted by Gasteiger charge is -2.23. The zero-order chi connectivity index (χ0) is 37.1. The van der Waals surface area contributed by atoms with E-state index in [9.17, 15) is 9.59 Å². The van der Waals surface area contributed by atoms with Gasteiger partial charge in [-0.3, -0.25) is 19.1 Å². The van der Waals surface area contributed by atoms with Crippen LogP contribution in [0.25, 0.3) is 5.00 Å². The lowest BCUT2D eigenvalue weighted by atomic mass is 9.99. The van der Waals surface area contributed by atoms with Gasteiger partial charge in [0.15, 0.2) is 17.3 Å². The van der Waals surface area contributed by atoms with Crippen LogP contribution in [0.4, 0.5) is 5.69 Å². The minimum atomic E-state index is -0.538. The largest absolute Gasteiger partial charge is 0.493 e. The molecule has 0 saturated carbocycles. The van der Waals surface area contributed by atoms with Crippen molar-refractivity contribution in [2.75, 3.05) is 30.7 Å². The van der Waals surface area contributed by atoms with Gasteiger partial charge in [0.25, 0.3) is 0 Å². The van der Waals surface area contributed by atoms with Crippen molar-refractivity contribution in [3.63, 3.8) is 0 Å². The summed E-state index contributed by atoms with van der Waals surface area (Å²) in [7, 11) is 0. The Morgan fingerprint density at radius 1 is 1.02 bits per heavy atom. The van der Waals surface area contributed by atoms with Gasteiger partial charge < -0.3 is 24.4 Å². The normalized spacial score (nSPS) is 14.2. The van der Waals surface area contributed by atoms with Crippen LogP contribution in [0, 0.1) is 20.8 Å². The Morgan fingerprint density at radius 3 is 2.62 bits per heavy atom. The number of aromatic nitrogens is 3. The third-order valence-electron chi connectivity index (χ3n) is 9.27. The minimum absolute atomic E-state index is 0.118. The van der Waals surface area contributed by atoms with E-state index in [4.69, 9.17) is 42.4 Å². The van der Waals surface area contributed by atoms with Crippen molar-refractivity contribution in [1.82, 2.24) is 20.1 Å². The van der Waals surface area contributed by atoms with Gasteiger partial charge in [0.1, 0.15) is 28.5 Å². The number of nitrogens with one attached hydrogen (secondary N) is 1. The Labute approximate surface area is 321 Å². The summed E-state index contributed by atoms with van der Waals surface area (Å²) in [4.78, 5) is 34.3. The summed E-state index contributed by atoms with van der Waals surface area (Å²) in [5.74, 6) is 2.72. The molecule has 11 nitrogen and oxygen atoms in total. The van der Waals surface area contributed by atoms with Gasteiger partial charge >= 0.3 is 0 Å². The first kappa shape index (κ1) is 36.4. The van der Waals surface area contributed by atoms with Gasteiger partial charge in [-0.25, -0.2) is 0 Å². The Morgan fingerprint density at radius 2 is 1.81 bits per heavy atom. The Bertz CT molecular complexity index is 2180. The van der Waals surface area contributed by atoms with Gasteiger partial charge in [0.05, 0.1) is 25.3 Å². The highest BCUT2D eigenvalue weighted by Crippen LogP contribution is 2.40. The maximum atomic E-state index is 13.4. The van der Waals surface area contributed by atoms with Gasteiger partial charge in [-0.2, -0.15) is 0 Å². The SMILES string of the molecule is Cc1sc2c(c1C)C(c1ccc(Cl)cc1)=NC(CC(=O)NCCCCOc1ccccc1CN(C(=O)CCl)c1ccc3c(c1)OCO3)c1nnc(C)n1-2. The Balaban J connectivity index is 0.972. The molecule has 0 radical (unpaired) electrons. The van der Waals surface area contributed by atoms with Crippen molar-refractivity contribution >= 4 is 57.8 Å². The number of hydrogen-bond acceptors (Lipinski definition) is 9. The molecule has 53 heavy (non-hydrogen) atoms.